The largest absolute Gasteiger partial charge is 0.451 e. The lowest BCUT2D eigenvalue weighted by atomic mass is 10.2. The fourth-order valence-electron chi connectivity index (χ4n) is 1.32. The summed E-state index contributed by atoms with van der Waals surface area (Å²) >= 11 is 0. The zero-order valence-electron chi connectivity index (χ0n) is 7.02. The Bertz CT molecular complexity index is 374. The summed E-state index contributed by atoms with van der Waals surface area (Å²) in [4.78, 5) is 6.62. The van der Waals surface area contributed by atoms with Gasteiger partial charge in [0.05, 0.1) is 5.69 Å². The van der Waals surface area contributed by atoms with Gasteiger partial charge in [-0.25, -0.2) is 9.97 Å². The van der Waals surface area contributed by atoms with Crippen molar-refractivity contribution in [1.82, 2.24) is 15.3 Å². The Morgan fingerprint density at radius 2 is 1.93 bits per heavy atom. The van der Waals surface area contributed by atoms with Crippen molar-refractivity contribution in [3.05, 3.63) is 17.1 Å². The topological polar surface area (TPSA) is 63.8 Å². The number of nitrogens with one attached hydrogen (secondary N) is 1. The third-order valence-electron chi connectivity index (χ3n) is 1.97. The average Bonchev–Trinajstić information content (AvgIpc) is 2.50. The van der Waals surface area contributed by atoms with E-state index < -0.39 is 12.0 Å². The predicted molar refractivity (Wildman–Crippen MR) is 42.0 cm³/mol. The molecule has 0 atom stereocenters. The van der Waals surface area contributed by atoms with Crippen molar-refractivity contribution < 1.29 is 13.2 Å². The number of nitrogens with zero attached hydrogens (tertiary/aromatic N) is 2. The van der Waals surface area contributed by atoms with Crippen molar-refractivity contribution >= 4 is 5.82 Å². The second kappa shape index (κ2) is 2.81. The molecule has 0 aromatic carbocycles. The van der Waals surface area contributed by atoms with Gasteiger partial charge in [0.2, 0.25) is 5.82 Å². The molecule has 0 fully saturated rings. The van der Waals surface area contributed by atoms with Crippen molar-refractivity contribution in [1.29, 1.82) is 0 Å². The molecule has 0 saturated heterocycles. The van der Waals surface area contributed by atoms with Gasteiger partial charge >= 0.3 is 6.18 Å². The van der Waals surface area contributed by atoms with Crippen LogP contribution in [0.15, 0.2) is 0 Å². The van der Waals surface area contributed by atoms with E-state index in [0.717, 1.165) is 0 Å². The van der Waals surface area contributed by atoms with Crippen LogP contribution in [-0.2, 0) is 19.3 Å². The highest BCUT2D eigenvalue weighted by atomic mass is 19.4. The van der Waals surface area contributed by atoms with Gasteiger partial charge in [-0.2, -0.15) is 13.2 Å². The smallest absolute Gasteiger partial charge is 0.383 e. The summed E-state index contributed by atoms with van der Waals surface area (Å²) in [5.41, 5.74) is 6.28. The Morgan fingerprint density at radius 3 is 2.57 bits per heavy atom. The molecule has 2 rings (SSSR count). The van der Waals surface area contributed by atoms with Gasteiger partial charge in [-0.1, -0.05) is 0 Å². The van der Waals surface area contributed by atoms with Gasteiger partial charge in [0.1, 0.15) is 5.82 Å². The molecular weight excluding hydrogens is 197 g/mol. The fourth-order valence-corrected chi connectivity index (χ4v) is 1.32. The number of anilines is 1. The Hall–Kier alpha value is -1.37. The minimum atomic E-state index is -4.54. The summed E-state index contributed by atoms with van der Waals surface area (Å²) in [6.07, 6.45) is -4.54. The van der Waals surface area contributed by atoms with Crippen LogP contribution in [0.3, 0.4) is 0 Å². The van der Waals surface area contributed by atoms with Gasteiger partial charge < -0.3 is 11.1 Å². The molecule has 1 aliphatic heterocycles. The Morgan fingerprint density at radius 1 is 1.21 bits per heavy atom. The highest BCUT2D eigenvalue weighted by Gasteiger charge is 2.36. The standard InChI is InChI=1S/C7H7F3N4/c8-7(9,10)6-13-4-2-12-1-3(4)5(11)14-6/h12H,1-2H2,(H2,11,13,14). The monoisotopic (exact) mass is 204 g/mol. The molecule has 76 valence electrons. The molecule has 0 amide bonds. The first-order valence-corrected chi connectivity index (χ1v) is 3.91. The van der Waals surface area contributed by atoms with E-state index in [-0.39, 0.29) is 5.82 Å². The second-order valence-corrected chi connectivity index (χ2v) is 2.96. The predicted octanol–water partition coefficient (Wildman–Crippen LogP) is 0.681. The van der Waals surface area contributed by atoms with Gasteiger partial charge in [-0.3, -0.25) is 0 Å². The maximum absolute atomic E-state index is 12.2. The van der Waals surface area contributed by atoms with Gasteiger partial charge in [0, 0.05) is 18.7 Å². The van der Waals surface area contributed by atoms with Crippen LogP contribution >= 0.6 is 0 Å². The molecule has 3 N–H and O–H groups in total. The zero-order chi connectivity index (χ0) is 10.3. The van der Waals surface area contributed by atoms with Crippen LogP contribution in [-0.4, -0.2) is 9.97 Å². The SMILES string of the molecule is Nc1nc(C(F)(F)F)nc2c1CNC2. The number of hydrogen-bond donors (Lipinski definition) is 2. The van der Waals surface area contributed by atoms with E-state index in [9.17, 15) is 13.2 Å². The molecule has 1 aromatic rings. The summed E-state index contributed by atoms with van der Waals surface area (Å²) in [5, 5.41) is 2.86. The Labute approximate surface area is 77.3 Å². The first-order valence-electron chi connectivity index (χ1n) is 3.91. The Balaban J connectivity index is 2.52. The summed E-state index contributed by atoms with van der Waals surface area (Å²) in [6, 6.07) is 0. The molecule has 0 saturated carbocycles. The molecule has 0 bridgehead atoms. The molecule has 0 radical (unpaired) electrons. The third kappa shape index (κ3) is 1.39. The first kappa shape index (κ1) is 9.20. The minimum absolute atomic E-state index is 0.0904. The molecule has 0 aliphatic carbocycles. The second-order valence-electron chi connectivity index (χ2n) is 2.96. The maximum Gasteiger partial charge on any atom is 0.451 e. The van der Waals surface area contributed by atoms with Crippen LogP contribution in [0.1, 0.15) is 17.1 Å². The highest BCUT2D eigenvalue weighted by Crippen LogP contribution is 2.29. The molecule has 1 aliphatic rings. The first-order chi connectivity index (χ1) is 6.48. The van der Waals surface area contributed by atoms with E-state index in [4.69, 9.17) is 5.73 Å². The van der Waals surface area contributed by atoms with E-state index in [0.29, 0.717) is 24.3 Å². The van der Waals surface area contributed by atoms with E-state index in [1.807, 2.05) is 0 Å². The number of halogens is 3. The minimum Gasteiger partial charge on any atom is -0.383 e. The third-order valence-corrected chi connectivity index (χ3v) is 1.97. The van der Waals surface area contributed by atoms with Crippen molar-refractivity contribution in [3.8, 4) is 0 Å². The van der Waals surface area contributed by atoms with E-state index >= 15 is 0 Å². The van der Waals surface area contributed by atoms with Crippen LogP contribution in [0.2, 0.25) is 0 Å². The summed E-state index contributed by atoms with van der Waals surface area (Å²) in [5.74, 6) is -1.26. The number of hydrogen-bond acceptors (Lipinski definition) is 4. The molecule has 7 heteroatoms. The summed E-state index contributed by atoms with van der Waals surface area (Å²) in [6.45, 7) is 0.741. The quantitative estimate of drug-likeness (QED) is 0.652. The van der Waals surface area contributed by atoms with Crippen molar-refractivity contribution in [3.63, 3.8) is 0 Å². The molecule has 2 heterocycles. The van der Waals surface area contributed by atoms with Crippen molar-refractivity contribution in [2.24, 2.45) is 0 Å². The number of nitrogen functional groups attached to an aromatic ring is 1. The van der Waals surface area contributed by atoms with Crippen LogP contribution in [0, 0.1) is 0 Å². The number of alkyl halides is 3. The van der Waals surface area contributed by atoms with Crippen molar-refractivity contribution in [2.75, 3.05) is 5.73 Å². The average molecular weight is 204 g/mol. The van der Waals surface area contributed by atoms with Gasteiger partial charge in [-0.15, -0.1) is 0 Å². The fraction of sp³-hybridized carbons (Fsp3) is 0.429. The van der Waals surface area contributed by atoms with E-state index in [1.165, 1.54) is 0 Å². The van der Waals surface area contributed by atoms with Gasteiger partial charge in [0.25, 0.3) is 0 Å². The lowest BCUT2D eigenvalue weighted by molar-refractivity contribution is -0.145. The molecule has 0 unspecified atom stereocenters. The van der Waals surface area contributed by atoms with Crippen molar-refractivity contribution in [2.45, 2.75) is 19.3 Å². The summed E-state index contributed by atoms with van der Waals surface area (Å²) < 4.78 is 36.7. The van der Waals surface area contributed by atoms with Crippen LogP contribution in [0.5, 0.6) is 0 Å². The lowest BCUT2D eigenvalue weighted by Gasteiger charge is -2.07. The van der Waals surface area contributed by atoms with E-state index in [1.54, 1.807) is 0 Å². The molecule has 1 aromatic heterocycles. The number of nitrogens with two attached hydrogens (primary N) is 1. The van der Waals surface area contributed by atoms with Crippen LogP contribution < -0.4 is 11.1 Å². The van der Waals surface area contributed by atoms with Gasteiger partial charge in [0.15, 0.2) is 0 Å². The van der Waals surface area contributed by atoms with Crippen LogP contribution in [0.4, 0.5) is 19.0 Å². The maximum atomic E-state index is 12.2. The van der Waals surface area contributed by atoms with E-state index in [2.05, 4.69) is 15.3 Å². The molecule has 4 nitrogen and oxygen atoms in total. The Kier molecular flexibility index (Phi) is 1.84. The normalized spacial score (nSPS) is 15.6. The molecule has 14 heavy (non-hydrogen) atoms. The number of aromatic nitrogens is 2. The van der Waals surface area contributed by atoms with Gasteiger partial charge in [-0.05, 0) is 0 Å². The number of fused-ring (bicyclic) bond motifs is 1. The lowest BCUT2D eigenvalue weighted by Crippen LogP contribution is -2.14. The zero-order valence-corrected chi connectivity index (χ0v) is 7.02. The highest BCUT2D eigenvalue weighted by molar-refractivity contribution is 5.44. The number of rotatable bonds is 0. The molecule has 0 spiro atoms. The molecular formula is C7H7F3N4. The summed E-state index contributed by atoms with van der Waals surface area (Å²) in [7, 11) is 0. The van der Waals surface area contributed by atoms with Crippen LogP contribution in [0.25, 0.3) is 0 Å².